The number of phenols is 1. The van der Waals surface area contributed by atoms with Crippen molar-refractivity contribution in [3.05, 3.63) is 113 Å². The number of ether oxygens (including phenoxy) is 11. The number of fused-ring (bicyclic) bond motifs is 2. The largest absolute Gasteiger partial charge is 0.502 e. The van der Waals surface area contributed by atoms with Crippen LogP contribution in [0.4, 0.5) is 0 Å². The fourth-order valence-electron chi connectivity index (χ4n) is 6.71. The standard InChI is InChI=1S/C35H40O10.C8H10O3/c1-23-32(20-38-24(2)43-23)44-35(34(39-17-25-9-5-3-6-10-25)40-18-26-11-7-4-8-12-26)45-33-28(19-37-21-36)14-13-27-15-30-31(16-29(27)33)42-22-41-30;1-10-6-4-3-5-7(11-2)8(6)9/h3-12,15-16,21,23-24,28,32-35H,13-14,17-20,22H2,1-2H3;3-5,9H,1-2H3/t23?,24?,28-,32?,33+,35?;/m1./s1. The Labute approximate surface area is 327 Å². The summed E-state index contributed by atoms with van der Waals surface area (Å²) in [7, 11) is 2.99. The average Bonchev–Trinajstić information content (AvgIpc) is 3.69. The molecule has 4 aromatic carbocycles. The predicted molar refractivity (Wildman–Crippen MR) is 202 cm³/mol. The molecule has 0 aromatic heterocycles. The van der Waals surface area contributed by atoms with Gasteiger partial charge in [-0.1, -0.05) is 66.7 Å². The SMILES string of the molecule is CC1OCC(OC(O[C@@H]2c3cc4c(cc3CC[C@@H]2COC=O)OCO4)C(OCc2ccccc2)OCc2ccccc2)C(C)O1.COc1cccc(OC)c1O. The van der Waals surface area contributed by atoms with E-state index in [4.69, 9.17) is 52.1 Å². The smallest absolute Gasteiger partial charge is 0.293 e. The molecule has 4 aromatic rings. The van der Waals surface area contributed by atoms with Gasteiger partial charge < -0.3 is 57.2 Å². The maximum Gasteiger partial charge on any atom is 0.293 e. The lowest BCUT2D eigenvalue weighted by Crippen LogP contribution is -2.48. The van der Waals surface area contributed by atoms with Gasteiger partial charge in [-0.2, -0.15) is 0 Å². The zero-order valence-electron chi connectivity index (χ0n) is 32.1. The number of phenolic OH excluding ortho intramolecular Hbond substituents is 1. The van der Waals surface area contributed by atoms with E-state index in [0.29, 0.717) is 36.1 Å². The molecule has 4 unspecified atom stereocenters. The van der Waals surface area contributed by atoms with Crippen molar-refractivity contribution in [2.24, 2.45) is 5.92 Å². The monoisotopic (exact) mass is 774 g/mol. The molecular weight excluding hydrogens is 724 g/mol. The van der Waals surface area contributed by atoms with Crippen LogP contribution in [0.1, 0.15) is 48.6 Å². The molecule has 1 fully saturated rings. The van der Waals surface area contributed by atoms with Crippen molar-refractivity contribution in [3.8, 4) is 28.7 Å². The highest BCUT2D eigenvalue weighted by Gasteiger charge is 2.40. The van der Waals surface area contributed by atoms with Crippen LogP contribution >= 0.6 is 0 Å². The number of aromatic hydroxyl groups is 1. The predicted octanol–water partition coefficient (Wildman–Crippen LogP) is 6.87. The highest BCUT2D eigenvalue weighted by atomic mass is 16.8. The molecule has 1 saturated heterocycles. The lowest BCUT2D eigenvalue weighted by atomic mass is 9.81. The van der Waals surface area contributed by atoms with Crippen LogP contribution in [0.15, 0.2) is 91.0 Å². The fraction of sp³-hybridized carbons (Fsp3) is 0.419. The summed E-state index contributed by atoms with van der Waals surface area (Å²) in [5.41, 5.74) is 3.94. The number of para-hydroxylation sites is 1. The molecule has 0 bridgehead atoms. The van der Waals surface area contributed by atoms with Gasteiger partial charge in [-0.05, 0) is 73.2 Å². The van der Waals surface area contributed by atoms with Crippen molar-refractivity contribution in [1.29, 1.82) is 0 Å². The molecular formula is C43H50O13. The van der Waals surface area contributed by atoms with Crippen LogP contribution in [-0.4, -0.2) is 76.9 Å². The van der Waals surface area contributed by atoms with Crippen LogP contribution in [0.5, 0.6) is 28.7 Å². The van der Waals surface area contributed by atoms with Gasteiger partial charge in [0.1, 0.15) is 6.10 Å². The lowest BCUT2D eigenvalue weighted by Gasteiger charge is -2.40. The van der Waals surface area contributed by atoms with Crippen LogP contribution in [-0.2, 0) is 57.6 Å². The van der Waals surface area contributed by atoms with Gasteiger partial charge in [-0.3, -0.25) is 4.79 Å². The van der Waals surface area contributed by atoms with Gasteiger partial charge in [0.15, 0.2) is 29.3 Å². The molecule has 13 nitrogen and oxygen atoms in total. The first-order chi connectivity index (χ1) is 27.4. The second-order valence-corrected chi connectivity index (χ2v) is 13.4. The summed E-state index contributed by atoms with van der Waals surface area (Å²) in [6.45, 7) is 5.46. The van der Waals surface area contributed by atoms with Gasteiger partial charge in [0.2, 0.25) is 25.1 Å². The summed E-state index contributed by atoms with van der Waals surface area (Å²) in [4.78, 5) is 11.3. The highest BCUT2D eigenvalue weighted by molar-refractivity contribution is 5.51. The van der Waals surface area contributed by atoms with Crippen molar-refractivity contribution < 1.29 is 62.0 Å². The Bertz CT molecular complexity index is 1740. The van der Waals surface area contributed by atoms with E-state index in [1.807, 2.05) is 86.6 Å². The zero-order valence-corrected chi connectivity index (χ0v) is 32.1. The Balaban J connectivity index is 0.000000417. The average molecular weight is 775 g/mol. The summed E-state index contributed by atoms with van der Waals surface area (Å²) < 4.78 is 64.6. The maximum absolute atomic E-state index is 11.3. The molecule has 1 aliphatic carbocycles. The molecule has 300 valence electrons. The number of benzene rings is 4. The lowest BCUT2D eigenvalue weighted by molar-refractivity contribution is -0.347. The van der Waals surface area contributed by atoms with Gasteiger partial charge >= 0.3 is 0 Å². The molecule has 0 saturated carbocycles. The van der Waals surface area contributed by atoms with Crippen LogP contribution in [0.25, 0.3) is 0 Å². The van der Waals surface area contributed by atoms with Crippen molar-refractivity contribution in [3.63, 3.8) is 0 Å². The molecule has 56 heavy (non-hydrogen) atoms. The third-order valence-corrected chi connectivity index (χ3v) is 9.68. The Kier molecular flexibility index (Phi) is 14.8. The topological polar surface area (TPSA) is 139 Å². The van der Waals surface area contributed by atoms with E-state index in [1.165, 1.54) is 14.2 Å². The molecule has 3 aliphatic rings. The Hall–Kier alpha value is -4.89. The molecule has 6 atom stereocenters. The summed E-state index contributed by atoms with van der Waals surface area (Å²) >= 11 is 0. The third-order valence-electron chi connectivity index (χ3n) is 9.68. The summed E-state index contributed by atoms with van der Waals surface area (Å²) in [6.07, 6.45) is -2.07. The first kappa shape index (κ1) is 40.8. The molecule has 1 N–H and O–H groups in total. The van der Waals surface area contributed by atoms with Gasteiger partial charge in [-0.25, -0.2) is 0 Å². The van der Waals surface area contributed by atoms with Crippen molar-refractivity contribution >= 4 is 6.47 Å². The van der Waals surface area contributed by atoms with E-state index in [2.05, 4.69) is 0 Å². The van der Waals surface area contributed by atoms with E-state index < -0.39 is 24.8 Å². The molecule has 2 heterocycles. The Morgan fingerprint density at radius 1 is 0.804 bits per heavy atom. The number of hydrogen-bond donors (Lipinski definition) is 1. The van der Waals surface area contributed by atoms with Gasteiger partial charge in [0.25, 0.3) is 6.47 Å². The second kappa shape index (κ2) is 20.3. The molecule has 7 rings (SSSR count). The number of aryl methyl sites for hydroxylation is 1. The minimum Gasteiger partial charge on any atom is -0.502 e. The molecule has 2 aliphatic heterocycles. The third kappa shape index (κ3) is 10.7. The zero-order chi connectivity index (χ0) is 39.3. The van der Waals surface area contributed by atoms with E-state index in [1.54, 1.807) is 18.2 Å². The second-order valence-electron chi connectivity index (χ2n) is 13.4. The summed E-state index contributed by atoms with van der Waals surface area (Å²) in [6, 6.07) is 28.8. The number of carbonyl (C=O) groups is 1. The Morgan fingerprint density at radius 2 is 1.43 bits per heavy atom. The number of methoxy groups -OCH3 is 2. The van der Waals surface area contributed by atoms with Crippen LogP contribution in [0.2, 0.25) is 0 Å². The summed E-state index contributed by atoms with van der Waals surface area (Å²) in [5, 5.41) is 9.34. The van der Waals surface area contributed by atoms with Crippen molar-refractivity contribution in [2.45, 2.75) is 77.1 Å². The van der Waals surface area contributed by atoms with Crippen molar-refractivity contribution in [2.75, 3.05) is 34.2 Å². The van der Waals surface area contributed by atoms with Gasteiger partial charge in [-0.15, -0.1) is 0 Å². The summed E-state index contributed by atoms with van der Waals surface area (Å²) in [5.74, 6) is 2.07. The minimum absolute atomic E-state index is 0.0394. The highest BCUT2D eigenvalue weighted by Crippen LogP contribution is 2.45. The molecule has 0 spiro atoms. The van der Waals surface area contributed by atoms with Crippen LogP contribution in [0.3, 0.4) is 0 Å². The van der Waals surface area contributed by atoms with E-state index in [-0.39, 0.29) is 50.7 Å². The normalized spacial score (nSPS) is 21.6. The molecule has 0 amide bonds. The first-order valence-electron chi connectivity index (χ1n) is 18.6. The quantitative estimate of drug-likeness (QED) is 0.0937. The van der Waals surface area contributed by atoms with E-state index >= 15 is 0 Å². The number of carbonyl (C=O) groups excluding carboxylic acids is 1. The Morgan fingerprint density at radius 3 is 2.02 bits per heavy atom. The number of hydrogen-bond acceptors (Lipinski definition) is 13. The van der Waals surface area contributed by atoms with E-state index in [9.17, 15) is 9.90 Å². The first-order valence-corrected chi connectivity index (χ1v) is 18.6. The maximum atomic E-state index is 11.3. The van der Waals surface area contributed by atoms with Crippen molar-refractivity contribution in [1.82, 2.24) is 0 Å². The van der Waals surface area contributed by atoms with E-state index in [0.717, 1.165) is 35.1 Å². The van der Waals surface area contributed by atoms with Gasteiger partial charge in [0.05, 0.1) is 52.9 Å². The van der Waals surface area contributed by atoms with Crippen LogP contribution < -0.4 is 18.9 Å². The molecule has 0 radical (unpaired) electrons. The fourth-order valence-corrected chi connectivity index (χ4v) is 6.71. The minimum atomic E-state index is -1.01. The molecule has 13 heteroatoms. The van der Waals surface area contributed by atoms with Gasteiger partial charge in [0, 0.05) is 5.92 Å². The number of rotatable bonds is 16. The van der Waals surface area contributed by atoms with Crippen LogP contribution in [0, 0.1) is 5.92 Å².